The number of benzene rings is 2. The molecule has 5 heteroatoms. The van der Waals surface area contributed by atoms with Gasteiger partial charge in [-0.2, -0.15) is 5.26 Å². The average Bonchev–Trinajstić information content (AvgIpc) is 2.66. The molecule has 0 bridgehead atoms. The maximum absolute atomic E-state index is 12.4. The maximum Gasteiger partial charge on any atom is 0.267 e. The Morgan fingerprint density at radius 3 is 2.64 bits per heavy atom. The van der Waals surface area contributed by atoms with Gasteiger partial charge in [-0.15, -0.1) is 0 Å². The first-order chi connectivity index (χ1) is 12.2. The fraction of sp³-hybridized carbons (Fsp3) is 0.0500. The summed E-state index contributed by atoms with van der Waals surface area (Å²) >= 11 is 0. The maximum atomic E-state index is 12.4. The number of anilines is 1. The van der Waals surface area contributed by atoms with Crippen LogP contribution in [0.3, 0.4) is 0 Å². The topological polar surface area (TPSA) is 75.0 Å². The van der Waals surface area contributed by atoms with E-state index < -0.39 is 5.91 Å². The van der Waals surface area contributed by atoms with Crippen LogP contribution < -0.4 is 10.1 Å². The van der Waals surface area contributed by atoms with Crippen molar-refractivity contribution in [2.45, 2.75) is 0 Å². The number of fused-ring (bicyclic) bond motifs is 1. The van der Waals surface area contributed by atoms with E-state index in [4.69, 9.17) is 4.74 Å². The number of carbonyl (C=O) groups is 1. The second-order valence-corrected chi connectivity index (χ2v) is 5.28. The molecule has 5 nitrogen and oxygen atoms in total. The molecule has 1 aromatic heterocycles. The summed E-state index contributed by atoms with van der Waals surface area (Å²) in [5, 5.41) is 13.8. The van der Waals surface area contributed by atoms with Gasteiger partial charge < -0.3 is 10.1 Å². The van der Waals surface area contributed by atoms with E-state index in [-0.39, 0.29) is 5.57 Å². The van der Waals surface area contributed by atoms with Crippen molar-refractivity contribution in [3.8, 4) is 11.8 Å². The van der Waals surface area contributed by atoms with Crippen LogP contribution in [-0.2, 0) is 4.79 Å². The van der Waals surface area contributed by atoms with E-state index in [1.54, 1.807) is 37.6 Å². The molecule has 0 saturated heterocycles. The minimum atomic E-state index is -0.498. The summed E-state index contributed by atoms with van der Waals surface area (Å²) in [7, 11) is 1.58. The third kappa shape index (κ3) is 3.65. The van der Waals surface area contributed by atoms with Crippen LogP contribution >= 0.6 is 0 Å². The highest BCUT2D eigenvalue weighted by Crippen LogP contribution is 2.21. The number of carbonyl (C=O) groups excluding carboxylic acids is 1. The lowest BCUT2D eigenvalue weighted by Gasteiger charge is -2.07. The van der Waals surface area contributed by atoms with Gasteiger partial charge in [0.1, 0.15) is 23.2 Å². The van der Waals surface area contributed by atoms with Crippen molar-refractivity contribution >= 4 is 28.6 Å². The highest BCUT2D eigenvalue weighted by molar-refractivity contribution is 6.12. The summed E-state index contributed by atoms with van der Waals surface area (Å²) in [4.78, 5) is 16.7. The number of amides is 1. The summed E-state index contributed by atoms with van der Waals surface area (Å²) in [6.45, 7) is 0. The molecule has 0 unspecified atom stereocenters. The van der Waals surface area contributed by atoms with Crippen molar-refractivity contribution in [3.05, 3.63) is 71.9 Å². The molecular formula is C20H15N3O2. The molecule has 1 heterocycles. The lowest BCUT2D eigenvalue weighted by Crippen LogP contribution is -2.14. The fourth-order valence-corrected chi connectivity index (χ4v) is 2.41. The van der Waals surface area contributed by atoms with E-state index in [0.29, 0.717) is 11.6 Å². The smallest absolute Gasteiger partial charge is 0.267 e. The van der Waals surface area contributed by atoms with Crippen LogP contribution in [0, 0.1) is 11.3 Å². The van der Waals surface area contributed by atoms with Gasteiger partial charge in [0.2, 0.25) is 0 Å². The largest absolute Gasteiger partial charge is 0.497 e. The molecule has 25 heavy (non-hydrogen) atoms. The molecule has 0 aliphatic rings. The van der Waals surface area contributed by atoms with Gasteiger partial charge in [0, 0.05) is 11.6 Å². The average molecular weight is 329 g/mol. The molecule has 0 aliphatic heterocycles. The lowest BCUT2D eigenvalue weighted by atomic mass is 10.1. The van der Waals surface area contributed by atoms with Crippen LogP contribution in [0.4, 0.5) is 5.82 Å². The molecule has 0 fully saturated rings. The molecule has 2 aromatic carbocycles. The Morgan fingerprint density at radius 1 is 1.16 bits per heavy atom. The predicted molar refractivity (Wildman–Crippen MR) is 97.0 cm³/mol. The second kappa shape index (κ2) is 7.28. The van der Waals surface area contributed by atoms with Gasteiger partial charge in [-0.3, -0.25) is 4.79 Å². The molecule has 3 rings (SSSR count). The predicted octanol–water partition coefficient (Wildman–Crippen LogP) is 3.79. The third-order valence-corrected chi connectivity index (χ3v) is 3.70. The zero-order valence-corrected chi connectivity index (χ0v) is 13.6. The van der Waals surface area contributed by atoms with Gasteiger partial charge in [0.15, 0.2) is 0 Å². The molecule has 0 atom stereocenters. The molecule has 0 spiro atoms. The number of hydrogen-bond acceptors (Lipinski definition) is 4. The van der Waals surface area contributed by atoms with E-state index >= 15 is 0 Å². The van der Waals surface area contributed by atoms with Crippen LogP contribution in [0.1, 0.15) is 5.56 Å². The number of methoxy groups -OCH3 is 1. The Bertz CT molecular complexity index is 980. The summed E-state index contributed by atoms with van der Waals surface area (Å²) < 4.78 is 5.09. The Kier molecular flexibility index (Phi) is 4.72. The number of ether oxygens (including phenoxy) is 1. The zero-order chi connectivity index (χ0) is 17.6. The highest BCUT2D eigenvalue weighted by Gasteiger charge is 2.12. The number of nitriles is 1. The van der Waals surface area contributed by atoms with E-state index in [1.165, 1.54) is 6.08 Å². The molecule has 3 aromatic rings. The molecule has 0 radical (unpaired) electrons. The number of nitrogens with zero attached hydrogens (tertiary/aromatic N) is 2. The van der Waals surface area contributed by atoms with Crippen molar-refractivity contribution in [1.29, 1.82) is 5.26 Å². The van der Waals surface area contributed by atoms with Crippen molar-refractivity contribution in [3.63, 3.8) is 0 Å². The monoisotopic (exact) mass is 329 g/mol. The Morgan fingerprint density at radius 2 is 1.92 bits per heavy atom. The molecule has 0 aliphatic carbocycles. The van der Waals surface area contributed by atoms with Crippen LogP contribution in [-0.4, -0.2) is 18.0 Å². The van der Waals surface area contributed by atoms with Crippen molar-refractivity contribution < 1.29 is 9.53 Å². The summed E-state index contributed by atoms with van der Waals surface area (Å²) in [6.07, 6.45) is 3.15. The number of pyridine rings is 1. The molecule has 0 saturated carbocycles. The fourth-order valence-electron chi connectivity index (χ4n) is 2.41. The zero-order valence-electron chi connectivity index (χ0n) is 13.6. The first-order valence-corrected chi connectivity index (χ1v) is 7.62. The van der Waals surface area contributed by atoms with E-state index in [0.717, 1.165) is 16.3 Å². The van der Waals surface area contributed by atoms with Gasteiger partial charge in [0.05, 0.1) is 7.11 Å². The van der Waals surface area contributed by atoms with Gasteiger partial charge in [-0.25, -0.2) is 4.98 Å². The Balaban J connectivity index is 1.87. The second-order valence-electron chi connectivity index (χ2n) is 5.28. The van der Waals surface area contributed by atoms with Gasteiger partial charge >= 0.3 is 0 Å². The lowest BCUT2D eigenvalue weighted by molar-refractivity contribution is -0.112. The summed E-state index contributed by atoms with van der Waals surface area (Å²) in [5.41, 5.74) is 0.735. The highest BCUT2D eigenvalue weighted by atomic mass is 16.5. The third-order valence-electron chi connectivity index (χ3n) is 3.70. The van der Waals surface area contributed by atoms with Crippen LogP contribution in [0.25, 0.3) is 16.8 Å². The number of rotatable bonds is 4. The van der Waals surface area contributed by atoms with Gasteiger partial charge in [0.25, 0.3) is 5.91 Å². The minimum Gasteiger partial charge on any atom is -0.497 e. The van der Waals surface area contributed by atoms with Crippen LogP contribution in [0.5, 0.6) is 5.75 Å². The van der Waals surface area contributed by atoms with Gasteiger partial charge in [-0.05, 0) is 35.2 Å². The van der Waals surface area contributed by atoms with Crippen molar-refractivity contribution in [2.75, 3.05) is 12.4 Å². The van der Waals surface area contributed by atoms with E-state index in [9.17, 15) is 10.1 Å². The molecular weight excluding hydrogens is 314 g/mol. The molecule has 122 valence electrons. The Hall–Kier alpha value is -3.65. The van der Waals surface area contributed by atoms with Crippen molar-refractivity contribution in [1.82, 2.24) is 4.98 Å². The number of hydrogen-bond donors (Lipinski definition) is 1. The number of aromatic nitrogens is 1. The SMILES string of the molecule is COc1ccc(C=C(C#N)C(=O)Nc2nccc3ccccc23)cc1. The quantitative estimate of drug-likeness (QED) is 0.584. The standard InChI is InChI=1S/C20H15N3O2/c1-25-17-8-6-14(7-9-17)12-16(13-21)20(24)23-19-18-5-3-2-4-15(18)10-11-22-19/h2-12H,1H3,(H,22,23,24). The Labute approximate surface area is 145 Å². The molecule has 1 amide bonds. The normalized spacial score (nSPS) is 11.0. The van der Waals surface area contributed by atoms with E-state index in [1.807, 2.05) is 36.4 Å². The minimum absolute atomic E-state index is 0.0000916. The van der Waals surface area contributed by atoms with E-state index in [2.05, 4.69) is 10.3 Å². The van der Waals surface area contributed by atoms with Crippen molar-refractivity contribution in [2.24, 2.45) is 0 Å². The molecule has 1 N–H and O–H groups in total. The first kappa shape index (κ1) is 16.2. The first-order valence-electron chi connectivity index (χ1n) is 7.62. The van der Waals surface area contributed by atoms with Crippen LogP contribution in [0.2, 0.25) is 0 Å². The summed E-state index contributed by atoms with van der Waals surface area (Å²) in [5.74, 6) is 0.640. The summed E-state index contributed by atoms with van der Waals surface area (Å²) in [6, 6.07) is 18.5. The van der Waals surface area contributed by atoms with Gasteiger partial charge in [-0.1, -0.05) is 36.4 Å². The number of nitrogens with one attached hydrogen (secondary N) is 1. The van der Waals surface area contributed by atoms with Crippen LogP contribution in [0.15, 0.2) is 66.4 Å².